The summed E-state index contributed by atoms with van der Waals surface area (Å²) in [5, 5.41) is 4.01. The molecule has 106 valence electrons. The first-order valence-electron chi connectivity index (χ1n) is 6.36. The molecule has 0 saturated heterocycles. The molecule has 0 radical (unpaired) electrons. The third-order valence-corrected chi connectivity index (χ3v) is 2.63. The highest BCUT2D eigenvalue weighted by molar-refractivity contribution is 5.69. The largest absolute Gasteiger partial charge is 0.491 e. The number of aromatic nitrogens is 2. The van der Waals surface area contributed by atoms with Gasteiger partial charge in [-0.2, -0.15) is 5.10 Å². The summed E-state index contributed by atoms with van der Waals surface area (Å²) in [5.41, 5.74) is 6.28. The topological polar surface area (TPSA) is 79.4 Å². The molecule has 0 unspecified atom stereocenters. The number of nitrogens with two attached hydrogens (primary N) is 1. The maximum Gasteiger partial charge on any atom is 0.309 e. The number of carbonyl (C=O) groups is 1. The molecule has 1 aromatic carbocycles. The highest BCUT2D eigenvalue weighted by Gasteiger charge is 2.05. The van der Waals surface area contributed by atoms with Gasteiger partial charge >= 0.3 is 5.97 Å². The Morgan fingerprint density at radius 1 is 1.25 bits per heavy atom. The van der Waals surface area contributed by atoms with Crippen LogP contribution in [0, 0.1) is 0 Å². The van der Waals surface area contributed by atoms with Crippen molar-refractivity contribution >= 4 is 11.7 Å². The number of esters is 1. The van der Waals surface area contributed by atoms with E-state index >= 15 is 0 Å². The first-order valence-corrected chi connectivity index (χ1v) is 6.36. The molecule has 2 rings (SSSR count). The van der Waals surface area contributed by atoms with Gasteiger partial charge in [-0.25, -0.2) is 0 Å². The molecule has 0 aliphatic carbocycles. The zero-order chi connectivity index (χ0) is 14.2. The van der Waals surface area contributed by atoms with Crippen molar-refractivity contribution < 1.29 is 14.3 Å². The molecule has 0 amide bonds. The average Bonchev–Trinajstić information content (AvgIpc) is 2.94. The summed E-state index contributed by atoms with van der Waals surface area (Å²) in [6.45, 7) is 1.09. The van der Waals surface area contributed by atoms with Crippen molar-refractivity contribution in [2.75, 3.05) is 18.9 Å². The lowest BCUT2D eigenvalue weighted by atomic mass is 10.3. The van der Waals surface area contributed by atoms with Crippen LogP contribution in [0.25, 0.3) is 0 Å². The first-order chi connectivity index (χ1) is 9.75. The fourth-order valence-electron chi connectivity index (χ4n) is 1.61. The Kier molecular flexibility index (Phi) is 5.00. The van der Waals surface area contributed by atoms with Crippen LogP contribution in [0.5, 0.6) is 5.75 Å². The molecule has 1 heterocycles. The predicted molar refractivity (Wildman–Crippen MR) is 74.2 cm³/mol. The minimum atomic E-state index is -0.299. The Morgan fingerprint density at radius 2 is 2.10 bits per heavy atom. The molecule has 0 aliphatic rings. The lowest BCUT2D eigenvalue weighted by Crippen LogP contribution is -2.14. The van der Waals surface area contributed by atoms with Gasteiger partial charge in [-0.1, -0.05) is 12.1 Å². The number of hydrogen-bond acceptors (Lipinski definition) is 5. The second kappa shape index (κ2) is 7.18. The minimum absolute atomic E-state index is 0.188. The quantitative estimate of drug-likeness (QED) is 0.611. The van der Waals surface area contributed by atoms with E-state index in [0.717, 1.165) is 0 Å². The third-order valence-electron chi connectivity index (χ3n) is 2.63. The number of nitrogen functional groups attached to an aromatic ring is 1. The normalized spacial score (nSPS) is 10.2. The van der Waals surface area contributed by atoms with E-state index in [1.165, 1.54) is 0 Å². The third kappa shape index (κ3) is 4.31. The molecule has 0 saturated carbocycles. The van der Waals surface area contributed by atoms with E-state index in [4.69, 9.17) is 15.2 Å². The van der Waals surface area contributed by atoms with Crippen molar-refractivity contribution in [1.29, 1.82) is 0 Å². The van der Waals surface area contributed by atoms with Gasteiger partial charge in [-0.05, 0) is 18.2 Å². The van der Waals surface area contributed by atoms with Gasteiger partial charge < -0.3 is 15.2 Å². The molecule has 0 atom stereocenters. The van der Waals surface area contributed by atoms with Gasteiger partial charge in [0.05, 0.1) is 25.3 Å². The molecule has 1 aromatic heterocycles. The summed E-state index contributed by atoms with van der Waals surface area (Å²) >= 11 is 0. The summed E-state index contributed by atoms with van der Waals surface area (Å²) < 4.78 is 12.2. The lowest BCUT2D eigenvalue weighted by Gasteiger charge is -2.08. The van der Waals surface area contributed by atoms with Gasteiger partial charge in [-0.15, -0.1) is 0 Å². The van der Waals surface area contributed by atoms with E-state index < -0.39 is 0 Å². The monoisotopic (exact) mass is 275 g/mol. The highest BCUT2D eigenvalue weighted by atomic mass is 16.5. The maximum atomic E-state index is 11.5. The summed E-state index contributed by atoms with van der Waals surface area (Å²) in [5.74, 6) is 0.281. The molecule has 6 nitrogen and oxygen atoms in total. The molecule has 0 aliphatic heterocycles. The fourth-order valence-corrected chi connectivity index (χ4v) is 1.61. The van der Waals surface area contributed by atoms with E-state index in [0.29, 0.717) is 24.6 Å². The van der Waals surface area contributed by atoms with E-state index in [2.05, 4.69) is 5.10 Å². The Balaban J connectivity index is 1.62. The van der Waals surface area contributed by atoms with Crippen LogP contribution in [-0.2, 0) is 16.1 Å². The Labute approximate surface area is 117 Å². The zero-order valence-electron chi connectivity index (χ0n) is 11.1. The molecular formula is C14H17N3O3. The van der Waals surface area contributed by atoms with Crippen LogP contribution in [-0.4, -0.2) is 29.0 Å². The van der Waals surface area contributed by atoms with E-state index in [9.17, 15) is 4.79 Å². The van der Waals surface area contributed by atoms with Crippen molar-refractivity contribution in [1.82, 2.24) is 9.78 Å². The van der Waals surface area contributed by atoms with Crippen LogP contribution in [0.2, 0.25) is 0 Å². The average molecular weight is 275 g/mol. The summed E-state index contributed by atoms with van der Waals surface area (Å²) in [6.07, 6.45) is 3.68. The smallest absolute Gasteiger partial charge is 0.309 e. The molecule has 6 heteroatoms. The van der Waals surface area contributed by atoms with Gasteiger partial charge in [0.2, 0.25) is 0 Å². The van der Waals surface area contributed by atoms with Gasteiger partial charge in [0.25, 0.3) is 0 Å². The number of ether oxygens (including phenoxy) is 2. The van der Waals surface area contributed by atoms with Crippen LogP contribution in [0.1, 0.15) is 6.42 Å². The standard InChI is InChI=1S/C14H17N3O3/c15-12-4-1-2-5-13(12)19-10-6-14(18)20-11-9-17-8-3-7-16-17/h1-5,7-8H,6,9-11,15H2. The minimum Gasteiger partial charge on any atom is -0.491 e. The van der Waals surface area contributed by atoms with Crippen molar-refractivity contribution in [3.05, 3.63) is 42.7 Å². The van der Waals surface area contributed by atoms with Crippen LogP contribution < -0.4 is 10.5 Å². The summed E-state index contributed by atoms with van der Waals surface area (Å²) in [4.78, 5) is 11.5. The van der Waals surface area contributed by atoms with Gasteiger partial charge in [0.15, 0.2) is 0 Å². The first kappa shape index (κ1) is 13.9. The number of rotatable bonds is 7. The Morgan fingerprint density at radius 3 is 2.85 bits per heavy atom. The zero-order valence-corrected chi connectivity index (χ0v) is 11.1. The van der Waals surface area contributed by atoms with Gasteiger partial charge in [-0.3, -0.25) is 9.48 Å². The van der Waals surface area contributed by atoms with Gasteiger partial charge in [0.1, 0.15) is 12.4 Å². The van der Waals surface area contributed by atoms with Crippen molar-refractivity contribution in [2.24, 2.45) is 0 Å². The molecule has 20 heavy (non-hydrogen) atoms. The molecule has 0 bridgehead atoms. The number of benzene rings is 1. The summed E-state index contributed by atoms with van der Waals surface area (Å²) in [6, 6.07) is 8.98. The van der Waals surface area contributed by atoms with Crippen LogP contribution in [0.3, 0.4) is 0 Å². The Hall–Kier alpha value is -2.50. The van der Waals surface area contributed by atoms with Crippen LogP contribution in [0.15, 0.2) is 42.7 Å². The van der Waals surface area contributed by atoms with Crippen molar-refractivity contribution in [3.63, 3.8) is 0 Å². The predicted octanol–water partition coefficient (Wildman–Crippen LogP) is 1.48. The summed E-state index contributed by atoms with van der Waals surface area (Å²) in [7, 11) is 0. The second-order valence-electron chi connectivity index (χ2n) is 4.13. The van der Waals surface area contributed by atoms with Gasteiger partial charge in [0, 0.05) is 12.4 Å². The van der Waals surface area contributed by atoms with E-state index in [-0.39, 0.29) is 19.0 Å². The maximum absolute atomic E-state index is 11.5. The van der Waals surface area contributed by atoms with E-state index in [1.54, 1.807) is 23.0 Å². The van der Waals surface area contributed by atoms with Crippen LogP contribution >= 0.6 is 0 Å². The second-order valence-corrected chi connectivity index (χ2v) is 4.13. The molecular weight excluding hydrogens is 258 g/mol. The highest BCUT2D eigenvalue weighted by Crippen LogP contribution is 2.19. The number of hydrogen-bond donors (Lipinski definition) is 1. The SMILES string of the molecule is Nc1ccccc1OCCC(=O)OCCn1cccn1. The molecule has 0 spiro atoms. The molecule has 0 fully saturated rings. The Bertz CT molecular complexity index is 540. The number of anilines is 1. The fraction of sp³-hybridized carbons (Fsp3) is 0.286. The van der Waals surface area contributed by atoms with Crippen molar-refractivity contribution in [3.8, 4) is 5.75 Å². The lowest BCUT2D eigenvalue weighted by molar-refractivity contribution is -0.144. The number of carbonyl (C=O) groups excluding carboxylic acids is 1. The van der Waals surface area contributed by atoms with Crippen LogP contribution in [0.4, 0.5) is 5.69 Å². The number of nitrogens with zero attached hydrogens (tertiary/aromatic N) is 2. The molecule has 2 aromatic rings. The molecule has 2 N–H and O–H groups in total. The van der Waals surface area contributed by atoms with Crippen molar-refractivity contribution in [2.45, 2.75) is 13.0 Å². The number of para-hydroxylation sites is 2. The van der Waals surface area contributed by atoms with E-state index in [1.807, 2.05) is 24.4 Å².